The number of benzene rings is 1. The van der Waals surface area contributed by atoms with Gasteiger partial charge in [-0.3, -0.25) is 14.7 Å². The Morgan fingerprint density at radius 2 is 2.00 bits per heavy atom. The van der Waals surface area contributed by atoms with Gasteiger partial charge in [-0.2, -0.15) is 0 Å². The number of aromatic nitrogens is 1. The van der Waals surface area contributed by atoms with E-state index in [1.54, 1.807) is 35.5 Å². The average Bonchev–Trinajstić information content (AvgIpc) is 3.18. The first-order chi connectivity index (χ1) is 9.63. The Bertz CT molecular complexity index is 740. The van der Waals surface area contributed by atoms with Crippen LogP contribution >= 0.6 is 23.2 Å². The van der Waals surface area contributed by atoms with Gasteiger partial charge in [0.05, 0.1) is 22.4 Å². The van der Waals surface area contributed by atoms with Gasteiger partial charge in [-0.15, -0.1) is 0 Å². The highest BCUT2D eigenvalue weighted by molar-refractivity contribution is 6.34. The van der Waals surface area contributed by atoms with E-state index in [4.69, 9.17) is 23.2 Å². The molecule has 1 amide bonds. The third-order valence-corrected chi connectivity index (χ3v) is 4.61. The minimum atomic E-state index is -0.274. The summed E-state index contributed by atoms with van der Waals surface area (Å²) in [6.45, 7) is 0. The molecule has 4 rings (SSSR count). The fourth-order valence-corrected chi connectivity index (χ4v) is 3.37. The molecule has 0 bridgehead atoms. The van der Waals surface area contributed by atoms with Crippen molar-refractivity contribution in [2.24, 2.45) is 0 Å². The van der Waals surface area contributed by atoms with Gasteiger partial charge in [-0.1, -0.05) is 23.2 Å². The Labute approximate surface area is 126 Å². The molecule has 2 heterocycles. The second-order valence-electron chi connectivity index (χ2n) is 5.19. The van der Waals surface area contributed by atoms with Crippen LogP contribution in [0.25, 0.3) is 0 Å². The second-order valence-corrected chi connectivity index (χ2v) is 6.03. The van der Waals surface area contributed by atoms with Crippen molar-refractivity contribution in [3.8, 4) is 0 Å². The van der Waals surface area contributed by atoms with Crippen molar-refractivity contribution in [3.63, 3.8) is 0 Å². The molecule has 2 aromatic rings. The van der Waals surface area contributed by atoms with Crippen LogP contribution in [-0.2, 0) is 5.54 Å². The van der Waals surface area contributed by atoms with E-state index in [0.717, 1.165) is 18.4 Å². The molecule has 1 aliphatic carbocycles. The molecule has 100 valence electrons. The van der Waals surface area contributed by atoms with Crippen LogP contribution in [-0.4, -0.2) is 10.9 Å². The molecular weight excluding hydrogens is 295 g/mol. The zero-order chi connectivity index (χ0) is 13.9. The highest BCUT2D eigenvalue weighted by atomic mass is 35.5. The van der Waals surface area contributed by atoms with E-state index in [9.17, 15) is 4.79 Å². The maximum atomic E-state index is 12.7. The number of nitrogens with zero attached hydrogens (tertiary/aromatic N) is 2. The van der Waals surface area contributed by atoms with Gasteiger partial charge in [0.1, 0.15) is 0 Å². The lowest BCUT2D eigenvalue weighted by molar-refractivity contribution is 0.0989. The quantitative estimate of drug-likeness (QED) is 0.796. The van der Waals surface area contributed by atoms with Crippen molar-refractivity contribution in [1.82, 2.24) is 4.98 Å². The molecule has 0 atom stereocenters. The Balaban J connectivity index is 1.93. The molecule has 2 aliphatic rings. The van der Waals surface area contributed by atoms with Crippen LogP contribution in [0.4, 0.5) is 5.69 Å². The van der Waals surface area contributed by atoms with Gasteiger partial charge in [0, 0.05) is 16.8 Å². The molecule has 1 aromatic heterocycles. The second kappa shape index (κ2) is 3.96. The van der Waals surface area contributed by atoms with Gasteiger partial charge < -0.3 is 0 Å². The third-order valence-electron chi connectivity index (χ3n) is 4.06. The number of pyridine rings is 1. The minimum absolute atomic E-state index is 0.0240. The number of anilines is 1. The van der Waals surface area contributed by atoms with Crippen LogP contribution in [0.1, 0.15) is 28.8 Å². The van der Waals surface area contributed by atoms with Crippen LogP contribution in [0.5, 0.6) is 0 Å². The first kappa shape index (κ1) is 12.2. The standard InChI is InChI=1S/C15H10Cl2N2O/c16-9-1-2-10-11(7-9)15(4-5-15)19(14(10)20)13-8-18-6-3-12(13)17/h1-3,6-8H,4-5H2. The Kier molecular flexibility index (Phi) is 2.41. The largest absolute Gasteiger partial charge is 0.295 e. The van der Waals surface area contributed by atoms with Gasteiger partial charge >= 0.3 is 0 Å². The number of hydrogen-bond donors (Lipinski definition) is 0. The summed E-state index contributed by atoms with van der Waals surface area (Å²) in [6, 6.07) is 7.15. The number of fused-ring (bicyclic) bond motifs is 2. The lowest BCUT2D eigenvalue weighted by atomic mass is 10.0. The van der Waals surface area contributed by atoms with Crippen molar-refractivity contribution < 1.29 is 4.79 Å². The predicted octanol–water partition coefficient (Wildman–Crippen LogP) is 4.04. The van der Waals surface area contributed by atoms with Crippen molar-refractivity contribution in [2.75, 3.05) is 4.90 Å². The van der Waals surface area contributed by atoms with E-state index in [2.05, 4.69) is 4.98 Å². The maximum absolute atomic E-state index is 12.7. The molecule has 1 aliphatic heterocycles. The summed E-state index contributed by atoms with van der Waals surface area (Å²) in [7, 11) is 0. The van der Waals surface area contributed by atoms with Crippen molar-refractivity contribution >= 4 is 34.8 Å². The molecule has 0 radical (unpaired) electrons. The summed E-state index contributed by atoms with van der Waals surface area (Å²) >= 11 is 12.3. The Morgan fingerprint density at radius 3 is 2.70 bits per heavy atom. The predicted molar refractivity (Wildman–Crippen MR) is 78.4 cm³/mol. The Hall–Kier alpha value is -1.58. The summed E-state index contributed by atoms with van der Waals surface area (Å²) in [5.41, 5.74) is 2.12. The van der Waals surface area contributed by atoms with Crippen LogP contribution in [0, 0.1) is 0 Å². The number of carbonyl (C=O) groups is 1. The topological polar surface area (TPSA) is 33.2 Å². The highest BCUT2D eigenvalue weighted by Gasteiger charge is 2.58. The van der Waals surface area contributed by atoms with E-state index >= 15 is 0 Å². The number of hydrogen-bond acceptors (Lipinski definition) is 2. The molecule has 1 spiro atoms. The van der Waals surface area contributed by atoms with Crippen molar-refractivity contribution in [3.05, 3.63) is 57.8 Å². The minimum Gasteiger partial charge on any atom is -0.295 e. The summed E-state index contributed by atoms with van der Waals surface area (Å²) in [5, 5.41) is 1.19. The number of halogens is 2. The molecular formula is C15H10Cl2N2O. The summed E-state index contributed by atoms with van der Waals surface area (Å²) in [5.74, 6) is -0.0240. The van der Waals surface area contributed by atoms with E-state index in [1.807, 2.05) is 6.07 Å². The fourth-order valence-electron chi connectivity index (χ4n) is 3.01. The molecule has 1 saturated carbocycles. The molecule has 0 saturated heterocycles. The lowest BCUT2D eigenvalue weighted by Crippen LogP contribution is -2.33. The van der Waals surface area contributed by atoms with Crippen LogP contribution < -0.4 is 4.90 Å². The molecule has 0 unspecified atom stereocenters. The zero-order valence-corrected chi connectivity index (χ0v) is 11.9. The van der Waals surface area contributed by atoms with Gasteiger partial charge in [0.2, 0.25) is 0 Å². The van der Waals surface area contributed by atoms with Crippen molar-refractivity contribution in [2.45, 2.75) is 18.4 Å². The third kappa shape index (κ3) is 1.48. The van der Waals surface area contributed by atoms with E-state index in [-0.39, 0.29) is 11.4 Å². The summed E-state index contributed by atoms with van der Waals surface area (Å²) in [6.07, 6.45) is 5.12. The summed E-state index contributed by atoms with van der Waals surface area (Å²) in [4.78, 5) is 18.6. The van der Waals surface area contributed by atoms with Crippen LogP contribution in [0.15, 0.2) is 36.7 Å². The van der Waals surface area contributed by atoms with Gasteiger partial charge in [-0.05, 0) is 42.7 Å². The van der Waals surface area contributed by atoms with Gasteiger partial charge in [0.25, 0.3) is 5.91 Å². The smallest absolute Gasteiger partial charge is 0.259 e. The number of carbonyl (C=O) groups excluding carboxylic acids is 1. The monoisotopic (exact) mass is 304 g/mol. The van der Waals surface area contributed by atoms with Crippen molar-refractivity contribution in [1.29, 1.82) is 0 Å². The molecule has 1 aromatic carbocycles. The molecule has 5 heteroatoms. The first-order valence-electron chi connectivity index (χ1n) is 6.38. The maximum Gasteiger partial charge on any atom is 0.259 e. The highest BCUT2D eigenvalue weighted by Crippen LogP contribution is 2.58. The first-order valence-corrected chi connectivity index (χ1v) is 7.13. The van der Waals surface area contributed by atoms with Gasteiger partial charge in [-0.25, -0.2) is 0 Å². The van der Waals surface area contributed by atoms with Gasteiger partial charge in [0.15, 0.2) is 0 Å². The number of amides is 1. The zero-order valence-electron chi connectivity index (χ0n) is 10.4. The lowest BCUT2D eigenvalue weighted by Gasteiger charge is -2.25. The molecule has 20 heavy (non-hydrogen) atoms. The Morgan fingerprint density at radius 1 is 1.20 bits per heavy atom. The van der Waals surface area contributed by atoms with Crippen LogP contribution in [0.2, 0.25) is 10.0 Å². The average molecular weight is 305 g/mol. The molecule has 1 fully saturated rings. The normalized spacial score (nSPS) is 18.5. The molecule has 3 nitrogen and oxygen atoms in total. The van der Waals surface area contributed by atoms with E-state index in [0.29, 0.717) is 21.3 Å². The van der Waals surface area contributed by atoms with E-state index in [1.165, 1.54) is 0 Å². The fraction of sp³-hybridized carbons (Fsp3) is 0.200. The summed E-state index contributed by atoms with van der Waals surface area (Å²) < 4.78 is 0. The SMILES string of the molecule is O=C1c2ccc(Cl)cc2C2(CC2)N1c1cnccc1Cl. The molecule has 0 N–H and O–H groups in total. The number of rotatable bonds is 1. The van der Waals surface area contributed by atoms with Crippen LogP contribution in [0.3, 0.4) is 0 Å². The van der Waals surface area contributed by atoms with E-state index < -0.39 is 0 Å².